The number of aromatic nitrogens is 1. The summed E-state index contributed by atoms with van der Waals surface area (Å²) in [5.74, 6) is 0.837. The predicted octanol–water partition coefficient (Wildman–Crippen LogP) is 2.65. The van der Waals surface area contributed by atoms with E-state index in [1.165, 1.54) is 18.4 Å². The summed E-state index contributed by atoms with van der Waals surface area (Å²) in [4.78, 5) is 19.5. The molecule has 2 fully saturated rings. The Morgan fingerprint density at radius 2 is 1.83 bits per heavy atom. The summed E-state index contributed by atoms with van der Waals surface area (Å²) in [5, 5.41) is 7.26. The average Bonchev–Trinajstić information content (AvgIpc) is 3.42. The molecule has 0 saturated carbocycles. The Morgan fingerprint density at radius 1 is 1.10 bits per heavy atom. The molecule has 3 heterocycles. The molecule has 7 heteroatoms. The predicted molar refractivity (Wildman–Crippen MR) is 111 cm³/mol. The van der Waals surface area contributed by atoms with Gasteiger partial charge < -0.3 is 14.7 Å². The number of nitrogens with one attached hydrogen (secondary N) is 1. The maximum absolute atomic E-state index is 12.8. The Labute approximate surface area is 172 Å². The van der Waals surface area contributed by atoms with E-state index in [2.05, 4.69) is 44.5 Å². The number of hydrogen-bond acceptors (Lipinski definition) is 5. The molecule has 0 bridgehead atoms. The Hall–Kier alpha value is -2.38. The summed E-state index contributed by atoms with van der Waals surface area (Å²) in [5.41, 5.74) is 2.24. The molecule has 0 aliphatic carbocycles. The lowest BCUT2D eigenvalue weighted by molar-refractivity contribution is 0.131. The van der Waals surface area contributed by atoms with Crippen LogP contribution in [0.25, 0.3) is 0 Å². The van der Waals surface area contributed by atoms with Crippen LogP contribution >= 0.6 is 0 Å². The van der Waals surface area contributed by atoms with E-state index in [9.17, 15) is 4.79 Å². The monoisotopic (exact) mass is 397 g/mol. The van der Waals surface area contributed by atoms with Crippen molar-refractivity contribution in [2.75, 3.05) is 45.8 Å². The normalized spacial score (nSPS) is 19.4. The van der Waals surface area contributed by atoms with Gasteiger partial charge in [-0.25, -0.2) is 4.79 Å². The molecule has 1 N–H and O–H groups in total. The fourth-order valence-corrected chi connectivity index (χ4v) is 4.31. The van der Waals surface area contributed by atoms with Crippen molar-refractivity contribution in [1.82, 2.24) is 25.2 Å². The van der Waals surface area contributed by atoms with Crippen LogP contribution in [0.3, 0.4) is 0 Å². The first-order valence-corrected chi connectivity index (χ1v) is 10.7. The molecule has 29 heavy (non-hydrogen) atoms. The number of piperazine rings is 1. The zero-order valence-corrected chi connectivity index (χ0v) is 17.2. The lowest BCUT2D eigenvalue weighted by Crippen LogP contribution is -2.52. The van der Waals surface area contributed by atoms with Gasteiger partial charge in [0.1, 0.15) is 5.76 Å². The van der Waals surface area contributed by atoms with Gasteiger partial charge in [-0.3, -0.25) is 9.80 Å². The van der Waals surface area contributed by atoms with Gasteiger partial charge in [-0.05, 0) is 38.4 Å². The number of hydrogen-bond donors (Lipinski definition) is 1. The minimum atomic E-state index is 0.0436. The van der Waals surface area contributed by atoms with E-state index in [0.717, 1.165) is 57.3 Å². The first kappa shape index (κ1) is 19.9. The van der Waals surface area contributed by atoms with Crippen LogP contribution < -0.4 is 5.32 Å². The number of likely N-dealkylation sites (tertiary alicyclic amines) is 1. The quantitative estimate of drug-likeness (QED) is 0.812. The topological polar surface area (TPSA) is 64.8 Å². The molecule has 2 amide bonds. The molecule has 156 valence electrons. The van der Waals surface area contributed by atoms with Crippen molar-refractivity contribution in [1.29, 1.82) is 0 Å². The minimum Gasteiger partial charge on any atom is -0.361 e. The van der Waals surface area contributed by atoms with Crippen LogP contribution in [0.2, 0.25) is 0 Å². The molecule has 2 saturated heterocycles. The van der Waals surface area contributed by atoms with E-state index in [4.69, 9.17) is 4.52 Å². The third kappa shape index (κ3) is 5.16. The van der Waals surface area contributed by atoms with E-state index in [0.29, 0.717) is 6.54 Å². The van der Waals surface area contributed by atoms with E-state index < -0.39 is 0 Å². The molecule has 1 aromatic heterocycles. The molecule has 2 aliphatic rings. The van der Waals surface area contributed by atoms with Crippen molar-refractivity contribution in [2.45, 2.75) is 32.4 Å². The summed E-state index contributed by atoms with van der Waals surface area (Å²) < 4.78 is 5.14. The molecule has 1 aromatic carbocycles. The first-order valence-electron chi connectivity index (χ1n) is 10.7. The molecule has 7 nitrogen and oxygen atoms in total. The third-order valence-electron chi connectivity index (χ3n) is 5.93. The molecule has 0 spiro atoms. The third-order valence-corrected chi connectivity index (χ3v) is 5.93. The molecule has 1 unspecified atom stereocenters. The summed E-state index contributed by atoms with van der Waals surface area (Å²) in [6.07, 6.45) is 2.48. The van der Waals surface area contributed by atoms with Gasteiger partial charge in [-0.15, -0.1) is 0 Å². The van der Waals surface area contributed by atoms with E-state index in [-0.39, 0.29) is 12.1 Å². The first-order chi connectivity index (χ1) is 14.2. The van der Waals surface area contributed by atoms with Crippen molar-refractivity contribution in [3.63, 3.8) is 0 Å². The highest BCUT2D eigenvalue weighted by Gasteiger charge is 2.26. The standard InChI is InChI=1S/C22H31N5O2/c1-18-15-20(24-29-18)17-25-11-13-27(14-12-25)22(28)23-16-21(26-9-5-6-10-26)19-7-3-2-4-8-19/h2-4,7-8,15,21H,5-6,9-14,16-17H2,1H3,(H,23,28). The zero-order valence-electron chi connectivity index (χ0n) is 17.2. The number of rotatable bonds is 6. The second-order valence-corrected chi connectivity index (χ2v) is 8.05. The SMILES string of the molecule is Cc1cc(CN2CCN(C(=O)NCC(c3ccccc3)N3CCCC3)CC2)no1. The van der Waals surface area contributed by atoms with Crippen LogP contribution in [-0.4, -0.2) is 71.7 Å². The zero-order chi connectivity index (χ0) is 20.1. The van der Waals surface area contributed by atoms with Crippen molar-refractivity contribution in [2.24, 2.45) is 0 Å². The summed E-state index contributed by atoms with van der Waals surface area (Å²) in [6.45, 7) is 8.74. The van der Waals surface area contributed by atoms with E-state index >= 15 is 0 Å². The van der Waals surface area contributed by atoms with Crippen LogP contribution in [0.5, 0.6) is 0 Å². The van der Waals surface area contributed by atoms with Crippen molar-refractivity contribution < 1.29 is 9.32 Å². The van der Waals surface area contributed by atoms with Gasteiger partial charge in [0.2, 0.25) is 0 Å². The number of benzene rings is 1. The second kappa shape index (κ2) is 9.41. The van der Waals surface area contributed by atoms with Gasteiger partial charge in [0, 0.05) is 45.3 Å². The Bertz CT molecular complexity index is 780. The molecule has 2 aliphatic heterocycles. The van der Waals surface area contributed by atoms with Gasteiger partial charge in [-0.2, -0.15) is 0 Å². The van der Waals surface area contributed by atoms with Crippen molar-refractivity contribution in [3.05, 3.63) is 53.4 Å². The van der Waals surface area contributed by atoms with Crippen molar-refractivity contribution in [3.8, 4) is 0 Å². The lowest BCUT2D eigenvalue weighted by Gasteiger charge is -2.35. The molecule has 4 rings (SSSR count). The smallest absolute Gasteiger partial charge is 0.317 e. The van der Waals surface area contributed by atoms with Crippen LogP contribution in [-0.2, 0) is 6.54 Å². The number of amides is 2. The number of carbonyl (C=O) groups is 1. The Morgan fingerprint density at radius 3 is 2.48 bits per heavy atom. The van der Waals surface area contributed by atoms with Gasteiger partial charge >= 0.3 is 6.03 Å². The minimum absolute atomic E-state index is 0.0436. The molecule has 2 aromatic rings. The van der Waals surface area contributed by atoms with Crippen molar-refractivity contribution >= 4 is 6.03 Å². The number of carbonyl (C=O) groups excluding carboxylic acids is 1. The number of aryl methyl sites for hydroxylation is 1. The summed E-state index contributed by atoms with van der Waals surface area (Å²) >= 11 is 0. The summed E-state index contributed by atoms with van der Waals surface area (Å²) in [7, 11) is 0. The number of urea groups is 1. The Kier molecular flexibility index (Phi) is 6.46. The van der Waals surface area contributed by atoms with Gasteiger partial charge in [0.25, 0.3) is 0 Å². The summed E-state index contributed by atoms with van der Waals surface area (Å²) in [6, 6.07) is 12.8. The van der Waals surface area contributed by atoms with Crippen LogP contribution in [0.1, 0.15) is 35.9 Å². The van der Waals surface area contributed by atoms with Gasteiger partial charge in [0.05, 0.1) is 11.7 Å². The lowest BCUT2D eigenvalue weighted by atomic mass is 10.1. The average molecular weight is 398 g/mol. The fourth-order valence-electron chi connectivity index (χ4n) is 4.31. The number of nitrogens with zero attached hydrogens (tertiary/aromatic N) is 4. The maximum Gasteiger partial charge on any atom is 0.317 e. The molecule has 1 atom stereocenters. The highest BCUT2D eigenvalue weighted by Crippen LogP contribution is 2.24. The molecule has 0 radical (unpaired) electrons. The molecular formula is C22H31N5O2. The fraction of sp³-hybridized carbons (Fsp3) is 0.545. The second-order valence-electron chi connectivity index (χ2n) is 8.05. The van der Waals surface area contributed by atoms with E-state index in [1.807, 2.05) is 24.0 Å². The highest BCUT2D eigenvalue weighted by atomic mass is 16.5. The highest BCUT2D eigenvalue weighted by molar-refractivity contribution is 5.74. The van der Waals surface area contributed by atoms with Crippen LogP contribution in [0, 0.1) is 6.92 Å². The largest absolute Gasteiger partial charge is 0.361 e. The Balaban J connectivity index is 1.27. The maximum atomic E-state index is 12.8. The van der Waals surface area contributed by atoms with E-state index in [1.54, 1.807) is 0 Å². The van der Waals surface area contributed by atoms with Crippen LogP contribution in [0.4, 0.5) is 4.79 Å². The van der Waals surface area contributed by atoms with Gasteiger partial charge in [-0.1, -0.05) is 35.5 Å². The van der Waals surface area contributed by atoms with Crippen LogP contribution in [0.15, 0.2) is 40.9 Å². The molecular weight excluding hydrogens is 366 g/mol. The van der Waals surface area contributed by atoms with Gasteiger partial charge in [0.15, 0.2) is 0 Å².